The lowest BCUT2D eigenvalue weighted by Crippen LogP contribution is -2.50. The zero-order valence-corrected chi connectivity index (χ0v) is 20.9. The van der Waals surface area contributed by atoms with Crippen LogP contribution in [0.15, 0.2) is 70.7 Å². The Kier molecular flexibility index (Phi) is 8.70. The molecule has 0 aromatic heterocycles. The molecule has 9 heteroatoms. The van der Waals surface area contributed by atoms with Crippen LogP contribution in [0.2, 0.25) is 0 Å². The first-order valence-corrected chi connectivity index (χ1v) is 12.1. The summed E-state index contributed by atoms with van der Waals surface area (Å²) < 4.78 is 5.00. The number of benzene rings is 2. The fourth-order valence-corrected chi connectivity index (χ4v) is 4.81. The first-order valence-electron chi connectivity index (χ1n) is 11.3. The van der Waals surface area contributed by atoms with E-state index in [1.54, 1.807) is 30.0 Å². The van der Waals surface area contributed by atoms with Crippen molar-refractivity contribution in [3.8, 4) is 0 Å². The van der Waals surface area contributed by atoms with Crippen LogP contribution in [0, 0.1) is 10.1 Å². The van der Waals surface area contributed by atoms with E-state index in [0.29, 0.717) is 48.3 Å². The lowest BCUT2D eigenvalue weighted by molar-refractivity contribution is -0.387. The number of ether oxygens (including phenoxy) is 1. The van der Waals surface area contributed by atoms with Gasteiger partial charge in [0.1, 0.15) is 0 Å². The molecule has 184 valence electrons. The van der Waals surface area contributed by atoms with Crippen LogP contribution >= 0.6 is 11.8 Å². The number of nitrogens with zero attached hydrogens (tertiary/aromatic N) is 3. The number of rotatable bonds is 7. The van der Waals surface area contributed by atoms with Crippen molar-refractivity contribution in [2.24, 2.45) is 0 Å². The van der Waals surface area contributed by atoms with Gasteiger partial charge in [-0.25, -0.2) is 4.79 Å². The average molecular weight is 496 g/mol. The van der Waals surface area contributed by atoms with Crippen molar-refractivity contribution >= 4 is 35.5 Å². The van der Waals surface area contributed by atoms with Crippen molar-refractivity contribution in [1.82, 2.24) is 9.80 Å². The van der Waals surface area contributed by atoms with Gasteiger partial charge in [0.2, 0.25) is 5.91 Å². The molecule has 35 heavy (non-hydrogen) atoms. The maximum Gasteiger partial charge on any atom is 0.414 e. The highest BCUT2D eigenvalue weighted by Crippen LogP contribution is 2.39. The molecule has 0 saturated carbocycles. The summed E-state index contributed by atoms with van der Waals surface area (Å²) in [7, 11) is 0. The molecule has 0 atom stereocenters. The summed E-state index contributed by atoms with van der Waals surface area (Å²) in [6.45, 7) is 10.8. The largest absolute Gasteiger partial charge is 0.416 e. The van der Waals surface area contributed by atoms with Crippen LogP contribution in [0.4, 0.5) is 10.5 Å². The number of nitro groups is 1. The molecule has 0 aliphatic carbocycles. The number of amides is 2. The standard InChI is InChI=1S/C26H29N3O5S/c1-18(2)21-7-5-6-8-23(21)35-24-11-9-20(17-22(24)29(32)33)10-12-25(30)27-13-15-28(16-14-27)26(31)34-19(3)4/h5-12,17-18H,3,13-16H2,1-2,4H3. The molecule has 2 aromatic rings. The van der Waals surface area contributed by atoms with E-state index in [4.69, 9.17) is 4.74 Å². The van der Waals surface area contributed by atoms with Gasteiger partial charge in [0.15, 0.2) is 0 Å². The first-order chi connectivity index (χ1) is 16.7. The Hall–Kier alpha value is -3.59. The maximum absolute atomic E-state index is 12.6. The lowest BCUT2D eigenvalue weighted by atomic mass is 10.0. The van der Waals surface area contributed by atoms with Crippen molar-refractivity contribution in [2.75, 3.05) is 26.2 Å². The Balaban J connectivity index is 1.68. The Bertz CT molecular complexity index is 1150. The van der Waals surface area contributed by atoms with Gasteiger partial charge in [0.05, 0.1) is 15.6 Å². The molecule has 2 amide bonds. The molecule has 1 fully saturated rings. The lowest BCUT2D eigenvalue weighted by Gasteiger charge is -2.33. The molecule has 0 N–H and O–H groups in total. The van der Waals surface area contributed by atoms with Gasteiger partial charge in [-0.1, -0.05) is 56.5 Å². The molecular weight excluding hydrogens is 466 g/mol. The molecule has 0 unspecified atom stereocenters. The second-order valence-corrected chi connectivity index (χ2v) is 9.58. The third-order valence-electron chi connectivity index (χ3n) is 5.47. The number of hydrogen-bond donors (Lipinski definition) is 0. The van der Waals surface area contributed by atoms with E-state index in [2.05, 4.69) is 20.4 Å². The first kappa shape index (κ1) is 26.0. The molecule has 1 saturated heterocycles. The van der Waals surface area contributed by atoms with E-state index in [9.17, 15) is 19.7 Å². The van der Waals surface area contributed by atoms with Gasteiger partial charge in [-0.15, -0.1) is 0 Å². The van der Waals surface area contributed by atoms with Crippen molar-refractivity contribution in [3.63, 3.8) is 0 Å². The zero-order chi connectivity index (χ0) is 25.5. The van der Waals surface area contributed by atoms with E-state index in [-0.39, 0.29) is 11.6 Å². The van der Waals surface area contributed by atoms with Gasteiger partial charge in [0, 0.05) is 43.2 Å². The second-order valence-electron chi connectivity index (χ2n) is 8.49. The maximum atomic E-state index is 12.6. The van der Waals surface area contributed by atoms with E-state index >= 15 is 0 Å². The second kappa shape index (κ2) is 11.7. The van der Waals surface area contributed by atoms with Crippen molar-refractivity contribution in [3.05, 3.63) is 82.1 Å². The molecule has 1 heterocycles. The van der Waals surface area contributed by atoms with Crippen LogP contribution in [-0.4, -0.2) is 52.9 Å². The summed E-state index contributed by atoms with van der Waals surface area (Å²) in [4.78, 5) is 40.6. The van der Waals surface area contributed by atoms with Gasteiger partial charge < -0.3 is 14.5 Å². The molecule has 0 bridgehead atoms. The summed E-state index contributed by atoms with van der Waals surface area (Å²) >= 11 is 1.37. The molecule has 2 aromatic carbocycles. The minimum atomic E-state index is -0.471. The van der Waals surface area contributed by atoms with E-state index in [1.165, 1.54) is 28.8 Å². The van der Waals surface area contributed by atoms with Crippen molar-refractivity contribution in [1.29, 1.82) is 0 Å². The molecule has 3 rings (SSSR count). The summed E-state index contributed by atoms with van der Waals surface area (Å²) in [5.74, 6) is 0.397. The molecule has 1 aliphatic heterocycles. The van der Waals surface area contributed by atoms with Crippen LogP contribution in [0.5, 0.6) is 0 Å². The summed E-state index contributed by atoms with van der Waals surface area (Å²) in [6, 6.07) is 12.9. The van der Waals surface area contributed by atoms with Crippen molar-refractivity contribution < 1.29 is 19.2 Å². The number of carbonyl (C=O) groups is 2. The van der Waals surface area contributed by atoms with Crippen molar-refractivity contribution in [2.45, 2.75) is 36.5 Å². The fraction of sp³-hybridized carbons (Fsp3) is 0.308. The quantitative estimate of drug-likeness (QED) is 0.212. The monoisotopic (exact) mass is 495 g/mol. The van der Waals surface area contributed by atoms with E-state index in [0.717, 1.165) is 10.5 Å². The van der Waals surface area contributed by atoms with Gasteiger partial charge in [-0.3, -0.25) is 14.9 Å². The summed E-state index contributed by atoms with van der Waals surface area (Å²) in [6.07, 6.45) is 2.51. The highest BCUT2D eigenvalue weighted by molar-refractivity contribution is 7.99. The van der Waals surface area contributed by atoms with Crippen LogP contribution in [0.3, 0.4) is 0 Å². The predicted octanol–water partition coefficient (Wildman–Crippen LogP) is 5.70. The van der Waals surface area contributed by atoms with Gasteiger partial charge in [0.25, 0.3) is 5.69 Å². The van der Waals surface area contributed by atoms with Crippen LogP contribution in [-0.2, 0) is 9.53 Å². The van der Waals surface area contributed by atoms with E-state index in [1.807, 2.05) is 24.3 Å². The predicted molar refractivity (Wildman–Crippen MR) is 136 cm³/mol. The third-order valence-corrected chi connectivity index (χ3v) is 6.63. The summed E-state index contributed by atoms with van der Waals surface area (Å²) in [5, 5.41) is 11.8. The smallest absolute Gasteiger partial charge is 0.414 e. The number of nitro benzene ring substituents is 1. The van der Waals surface area contributed by atoms with Crippen LogP contribution in [0.1, 0.15) is 37.8 Å². The number of allylic oxidation sites excluding steroid dienone is 1. The van der Waals surface area contributed by atoms with Crippen LogP contribution in [0.25, 0.3) is 6.08 Å². The zero-order valence-electron chi connectivity index (χ0n) is 20.1. The highest BCUT2D eigenvalue weighted by Gasteiger charge is 2.24. The SMILES string of the molecule is C=C(C)OC(=O)N1CCN(C(=O)C=Cc2ccc(Sc3ccccc3C(C)C)c([N+](=O)[O-])c2)CC1. The Morgan fingerprint density at radius 3 is 2.37 bits per heavy atom. The Morgan fingerprint density at radius 2 is 1.74 bits per heavy atom. The van der Waals surface area contributed by atoms with Gasteiger partial charge >= 0.3 is 6.09 Å². The minimum absolute atomic E-state index is 0.00667. The Morgan fingerprint density at radius 1 is 1.09 bits per heavy atom. The van der Waals surface area contributed by atoms with Crippen LogP contribution < -0.4 is 0 Å². The average Bonchev–Trinajstić information content (AvgIpc) is 2.83. The normalized spacial score (nSPS) is 13.8. The Labute approximate surface area is 209 Å². The summed E-state index contributed by atoms with van der Waals surface area (Å²) in [5.41, 5.74) is 1.69. The molecule has 8 nitrogen and oxygen atoms in total. The molecule has 0 radical (unpaired) electrons. The molecule has 0 spiro atoms. The molecule has 1 aliphatic rings. The van der Waals surface area contributed by atoms with Gasteiger partial charge in [-0.2, -0.15) is 0 Å². The number of carbonyl (C=O) groups excluding carboxylic acids is 2. The third kappa shape index (κ3) is 6.95. The number of hydrogen-bond acceptors (Lipinski definition) is 6. The topological polar surface area (TPSA) is 93.0 Å². The highest BCUT2D eigenvalue weighted by atomic mass is 32.2. The molecular formula is C26H29N3O5S. The minimum Gasteiger partial charge on any atom is -0.416 e. The van der Waals surface area contributed by atoms with Gasteiger partial charge in [-0.05, 0) is 42.2 Å². The van der Waals surface area contributed by atoms with E-state index < -0.39 is 11.0 Å². The number of piperazine rings is 1. The fourth-order valence-electron chi connectivity index (χ4n) is 3.63.